The Kier molecular flexibility index (Phi) is 4.03. The van der Waals surface area contributed by atoms with Crippen molar-refractivity contribution < 1.29 is 4.79 Å². The minimum atomic E-state index is -0.538. The number of rotatable bonds is 2. The smallest absolute Gasteiger partial charge is 0.242 e. The van der Waals surface area contributed by atoms with E-state index >= 15 is 0 Å². The van der Waals surface area contributed by atoms with Gasteiger partial charge in [-0.05, 0) is 68.6 Å². The SMILES string of the molecule is CN(C(=O)C1(N)CCCC1)C1C2CC3CC(C2)CC1C3.Cl. The van der Waals surface area contributed by atoms with E-state index < -0.39 is 5.54 Å². The maximum absolute atomic E-state index is 12.9. The Balaban J connectivity index is 0.00000132. The Labute approximate surface area is 134 Å². The average Bonchev–Trinajstić information content (AvgIpc) is 2.84. The first-order valence-electron chi connectivity index (χ1n) is 8.63. The summed E-state index contributed by atoms with van der Waals surface area (Å²) in [4.78, 5) is 15.0. The molecule has 0 aromatic heterocycles. The Hall–Kier alpha value is -0.280. The Morgan fingerprint density at radius 1 is 1.00 bits per heavy atom. The molecule has 2 N–H and O–H groups in total. The van der Waals surface area contributed by atoms with Gasteiger partial charge in [-0.3, -0.25) is 4.79 Å². The van der Waals surface area contributed by atoms with E-state index in [1.54, 1.807) is 0 Å². The molecule has 0 aromatic carbocycles. The number of carbonyl (C=O) groups is 1. The van der Waals surface area contributed by atoms with Crippen molar-refractivity contribution >= 4 is 18.3 Å². The molecule has 5 aliphatic rings. The zero-order valence-corrected chi connectivity index (χ0v) is 13.9. The van der Waals surface area contributed by atoms with Crippen molar-refractivity contribution in [2.24, 2.45) is 29.4 Å². The number of amides is 1. The van der Waals surface area contributed by atoms with Gasteiger partial charge in [0.2, 0.25) is 5.91 Å². The first kappa shape index (κ1) is 15.6. The Morgan fingerprint density at radius 3 is 1.95 bits per heavy atom. The Bertz CT molecular complexity index is 391. The molecule has 5 saturated carbocycles. The van der Waals surface area contributed by atoms with Crippen LogP contribution >= 0.6 is 12.4 Å². The van der Waals surface area contributed by atoms with Crippen molar-refractivity contribution in [2.45, 2.75) is 69.4 Å². The lowest BCUT2D eigenvalue weighted by Gasteiger charge is -2.57. The summed E-state index contributed by atoms with van der Waals surface area (Å²) in [5, 5.41) is 0. The maximum atomic E-state index is 12.9. The molecule has 4 heteroatoms. The number of nitrogens with two attached hydrogens (primary N) is 1. The third kappa shape index (κ3) is 2.41. The van der Waals surface area contributed by atoms with E-state index in [9.17, 15) is 4.79 Å². The summed E-state index contributed by atoms with van der Waals surface area (Å²) in [6.45, 7) is 0. The van der Waals surface area contributed by atoms with Crippen LogP contribution in [0.5, 0.6) is 0 Å². The number of nitrogens with zero attached hydrogens (tertiary/aromatic N) is 1. The first-order valence-corrected chi connectivity index (χ1v) is 8.63. The molecular formula is C17H29ClN2O. The van der Waals surface area contributed by atoms with Gasteiger partial charge in [0.05, 0.1) is 5.54 Å². The lowest BCUT2D eigenvalue weighted by atomic mass is 9.54. The fourth-order valence-corrected chi connectivity index (χ4v) is 6.24. The van der Waals surface area contributed by atoms with E-state index in [-0.39, 0.29) is 18.3 Å². The molecule has 5 rings (SSSR count). The summed E-state index contributed by atoms with van der Waals surface area (Å²) < 4.78 is 0. The molecule has 0 heterocycles. The zero-order valence-electron chi connectivity index (χ0n) is 13.1. The second-order valence-electron chi connectivity index (χ2n) is 8.20. The highest BCUT2D eigenvalue weighted by Crippen LogP contribution is 2.55. The van der Waals surface area contributed by atoms with Crippen LogP contribution in [0.25, 0.3) is 0 Å². The molecule has 0 radical (unpaired) electrons. The minimum Gasteiger partial charge on any atom is -0.341 e. The maximum Gasteiger partial charge on any atom is 0.242 e. The summed E-state index contributed by atoms with van der Waals surface area (Å²) in [6.07, 6.45) is 11.0. The van der Waals surface area contributed by atoms with Gasteiger partial charge >= 0.3 is 0 Å². The zero-order chi connectivity index (χ0) is 13.9. The monoisotopic (exact) mass is 312 g/mol. The molecule has 4 bridgehead atoms. The van der Waals surface area contributed by atoms with E-state index in [0.717, 1.165) is 49.4 Å². The fourth-order valence-electron chi connectivity index (χ4n) is 6.24. The molecule has 120 valence electrons. The summed E-state index contributed by atoms with van der Waals surface area (Å²) in [6, 6.07) is 0.497. The van der Waals surface area contributed by atoms with E-state index in [1.807, 2.05) is 7.05 Å². The van der Waals surface area contributed by atoms with Crippen LogP contribution in [0, 0.1) is 23.7 Å². The standard InChI is InChI=1S/C17H28N2O.ClH/c1-19(16(20)17(18)4-2-3-5-17)15-13-7-11-6-12(9-13)10-14(15)8-11;/h11-15H,2-10,18H2,1H3;1H. The summed E-state index contributed by atoms with van der Waals surface area (Å²) in [5.74, 6) is 3.72. The van der Waals surface area contributed by atoms with Crippen molar-refractivity contribution in [3.05, 3.63) is 0 Å². The van der Waals surface area contributed by atoms with Crippen molar-refractivity contribution in [2.75, 3.05) is 7.05 Å². The number of hydrogen-bond acceptors (Lipinski definition) is 2. The van der Waals surface area contributed by atoms with Gasteiger partial charge in [-0.25, -0.2) is 0 Å². The van der Waals surface area contributed by atoms with Crippen molar-refractivity contribution in [1.82, 2.24) is 4.90 Å². The van der Waals surface area contributed by atoms with Crippen LogP contribution in [-0.4, -0.2) is 29.4 Å². The molecule has 0 aliphatic heterocycles. The van der Waals surface area contributed by atoms with Gasteiger partial charge in [-0.15, -0.1) is 12.4 Å². The van der Waals surface area contributed by atoms with Crippen molar-refractivity contribution in [3.8, 4) is 0 Å². The summed E-state index contributed by atoms with van der Waals surface area (Å²) in [5.41, 5.74) is 5.87. The molecule has 21 heavy (non-hydrogen) atoms. The molecule has 0 unspecified atom stereocenters. The molecular weight excluding hydrogens is 284 g/mol. The van der Waals surface area contributed by atoms with Crippen LogP contribution in [0.2, 0.25) is 0 Å². The van der Waals surface area contributed by atoms with Gasteiger partial charge in [0.15, 0.2) is 0 Å². The van der Waals surface area contributed by atoms with E-state index in [1.165, 1.54) is 32.1 Å². The third-order valence-corrected chi connectivity index (χ3v) is 6.87. The van der Waals surface area contributed by atoms with Gasteiger partial charge in [0.25, 0.3) is 0 Å². The Morgan fingerprint density at radius 2 is 1.48 bits per heavy atom. The second-order valence-corrected chi connectivity index (χ2v) is 8.20. The molecule has 0 aromatic rings. The van der Waals surface area contributed by atoms with Gasteiger partial charge < -0.3 is 10.6 Å². The number of likely N-dealkylation sites (N-methyl/N-ethyl adjacent to an activating group) is 1. The average molecular weight is 313 g/mol. The van der Waals surface area contributed by atoms with E-state index in [0.29, 0.717) is 6.04 Å². The molecule has 5 fully saturated rings. The molecule has 0 spiro atoms. The van der Waals surface area contributed by atoms with Gasteiger partial charge in [0.1, 0.15) is 0 Å². The highest BCUT2D eigenvalue weighted by Gasteiger charge is 2.52. The predicted molar refractivity (Wildman–Crippen MR) is 86.2 cm³/mol. The molecule has 0 atom stereocenters. The van der Waals surface area contributed by atoms with Crippen LogP contribution in [0.3, 0.4) is 0 Å². The first-order chi connectivity index (χ1) is 9.57. The largest absolute Gasteiger partial charge is 0.341 e. The van der Waals surface area contributed by atoms with Crippen LogP contribution < -0.4 is 5.73 Å². The third-order valence-electron chi connectivity index (χ3n) is 6.87. The predicted octanol–water partition coefficient (Wildman–Crippen LogP) is 2.96. The summed E-state index contributed by atoms with van der Waals surface area (Å²) >= 11 is 0. The molecule has 0 saturated heterocycles. The second kappa shape index (κ2) is 5.42. The van der Waals surface area contributed by atoms with E-state index in [4.69, 9.17) is 5.73 Å². The topological polar surface area (TPSA) is 46.3 Å². The van der Waals surface area contributed by atoms with Crippen LogP contribution in [0.15, 0.2) is 0 Å². The molecule has 3 nitrogen and oxygen atoms in total. The molecule has 1 amide bonds. The molecule has 5 aliphatic carbocycles. The lowest BCUT2D eigenvalue weighted by Crippen LogP contribution is -2.61. The minimum absolute atomic E-state index is 0. The fraction of sp³-hybridized carbons (Fsp3) is 0.941. The van der Waals surface area contributed by atoms with Gasteiger partial charge in [0, 0.05) is 13.1 Å². The number of carbonyl (C=O) groups excluding carboxylic acids is 1. The van der Waals surface area contributed by atoms with Gasteiger partial charge in [-0.1, -0.05) is 12.8 Å². The van der Waals surface area contributed by atoms with Crippen molar-refractivity contribution in [1.29, 1.82) is 0 Å². The van der Waals surface area contributed by atoms with Crippen LogP contribution in [0.4, 0.5) is 0 Å². The quantitative estimate of drug-likeness (QED) is 0.852. The highest BCUT2D eigenvalue weighted by molar-refractivity contribution is 5.86. The van der Waals surface area contributed by atoms with Crippen LogP contribution in [0.1, 0.15) is 57.8 Å². The highest BCUT2D eigenvalue weighted by atomic mass is 35.5. The number of halogens is 1. The van der Waals surface area contributed by atoms with E-state index in [2.05, 4.69) is 4.90 Å². The van der Waals surface area contributed by atoms with Crippen molar-refractivity contribution in [3.63, 3.8) is 0 Å². The normalized spacial score (nSPS) is 42.7. The lowest BCUT2D eigenvalue weighted by molar-refractivity contribution is -0.146. The van der Waals surface area contributed by atoms with Crippen LogP contribution in [-0.2, 0) is 4.79 Å². The number of hydrogen-bond donors (Lipinski definition) is 1. The van der Waals surface area contributed by atoms with Gasteiger partial charge in [-0.2, -0.15) is 0 Å². The summed E-state index contributed by atoms with van der Waals surface area (Å²) in [7, 11) is 2.04.